The van der Waals surface area contributed by atoms with Gasteiger partial charge in [-0.15, -0.1) is 0 Å². The van der Waals surface area contributed by atoms with Crippen molar-refractivity contribution in [2.45, 2.75) is 6.42 Å². The molecular formula is C16H14N2O3. The predicted molar refractivity (Wildman–Crippen MR) is 79.6 cm³/mol. The molecule has 2 aromatic rings. The monoisotopic (exact) mass is 282 g/mol. The minimum atomic E-state index is -0.129. The molecular weight excluding hydrogens is 268 g/mol. The van der Waals surface area contributed by atoms with Crippen LogP contribution in [-0.4, -0.2) is 18.8 Å². The van der Waals surface area contributed by atoms with Crippen LogP contribution in [0.3, 0.4) is 0 Å². The molecule has 0 spiro atoms. The summed E-state index contributed by atoms with van der Waals surface area (Å²) >= 11 is 0. The molecule has 1 heterocycles. The number of hydrogen-bond acceptors (Lipinski definition) is 4. The first-order chi connectivity index (χ1) is 10.1. The summed E-state index contributed by atoms with van der Waals surface area (Å²) in [5.74, 6) is 0.290. The molecule has 5 heteroatoms. The summed E-state index contributed by atoms with van der Waals surface area (Å²) in [6.07, 6.45) is 0.307. The van der Waals surface area contributed by atoms with Gasteiger partial charge in [0.2, 0.25) is 5.91 Å². The molecule has 21 heavy (non-hydrogen) atoms. The van der Waals surface area contributed by atoms with Crippen molar-refractivity contribution in [3.8, 4) is 5.75 Å². The molecule has 1 aliphatic heterocycles. The number of rotatable bonds is 3. The average molecular weight is 282 g/mol. The maximum Gasteiger partial charge on any atom is 0.228 e. The molecule has 0 atom stereocenters. The Morgan fingerprint density at radius 1 is 1.19 bits per heavy atom. The molecule has 0 radical (unpaired) electrons. The second-order valence-corrected chi connectivity index (χ2v) is 4.88. The molecule has 5 nitrogen and oxygen atoms in total. The number of amides is 1. The standard InChI is InChI=1S/C16H14N2O3/c1-21-14-7-10(2-4-12(14)17)16(20)9-3-5-13-11(6-9)8-15(19)18-13/h2-7H,8,17H2,1H3,(H,18,19). The topological polar surface area (TPSA) is 81.4 Å². The number of carbonyl (C=O) groups excluding carboxylic acids is 2. The van der Waals surface area contributed by atoms with E-state index in [1.54, 1.807) is 36.4 Å². The number of benzene rings is 2. The fourth-order valence-corrected chi connectivity index (χ4v) is 2.39. The Labute approximate surface area is 121 Å². The molecule has 0 fully saturated rings. The fraction of sp³-hybridized carbons (Fsp3) is 0.125. The molecule has 0 aliphatic carbocycles. The minimum absolute atomic E-state index is 0.0521. The molecule has 1 amide bonds. The van der Waals surface area contributed by atoms with Crippen LogP contribution in [-0.2, 0) is 11.2 Å². The van der Waals surface area contributed by atoms with E-state index in [9.17, 15) is 9.59 Å². The summed E-state index contributed by atoms with van der Waals surface area (Å²) in [4.78, 5) is 23.9. The van der Waals surface area contributed by atoms with Gasteiger partial charge in [0.05, 0.1) is 19.2 Å². The maximum atomic E-state index is 12.5. The van der Waals surface area contributed by atoms with E-state index in [1.807, 2.05) is 0 Å². The molecule has 2 aromatic carbocycles. The molecule has 1 aliphatic rings. The summed E-state index contributed by atoms with van der Waals surface area (Å²) in [5, 5.41) is 2.74. The number of nitrogens with two attached hydrogens (primary N) is 1. The van der Waals surface area contributed by atoms with Crippen molar-refractivity contribution in [2.75, 3.05) is 18.2 Å². The SMILES string of the molecule is COc1cc(C(=O)c2ccc3c(c2)CC(=O)N3)ccc1N. The van der Waals surface area contributed by atoms with Crippen molar-refractivity contribution in [3.05, 3.63) is 53.1 Å². The van der Waals surface area contributed by atoms with Crippen LogP contribution in [0.4, 0.5) is 11.4 Å². The van der Waals surface area contributed by atoms with Gasteiger partial charge in [-0.05, 0) is 42.0 Å². The average Bonchev–Trinajstić information content (AvgIpc) is 2.86. The van der Waals surface area contributed by atoms with Crippen LogP contribution in [0.1, 0.15) is 21.5 Å². The third-order valence-electron chi connectivity index (χ3n) is 3.49. The molecule has 0 saturated heterocycles. The highest BCUT2D eigenvalue weighted by Gasteiger charge is 2.20. The highest BCUT2D eigenvalue weighted by Crippen LogP contribution is 2.27. The lowest BCUT2D eigenvalue weighted by Gasteiger charge is -2.08. The van der Waals surface area contributed by atoms with Gasteiger partial charge in [-0.25, -0.2) is 0 Å². The number of nitrogens with one attached hydrogen (secondary N) is 1. The van der Waals surface area contributed by atoms with E-state index in [0.29, 0.717) is 29.0 Å². The Bertz CT molecular complexity index is 753. The summed E-state index contributed by atoms with van der Waals surface area (Å²) in [5.41, 5.74) is 8.88. The summed E-state index contributed by atoms with van der Waals surface area (Å²) < 4.78 is 5.13. The van der Waals surface area contributed by atoms with Crippen molar-refractivity contribution in [3.63, 3.8) is 0 Å². The number of anilines is 2. The van der Waals surface area contributed by atoms with Gasteiger partial charge in [-0.1, -0.05) is 0 Å². The van der Waals surface area contributed by atoms with E-state index >= 15 is 0 Å². The summed E-state index contributed by atoms with van der Waals surface area (Å²) in [6, 6.07) is 10.1. The first-order valence-corrected chi connectivity index (χ1v) is 6.49. The quantitative estimate of drug-likeness (QED) is 0.666. The normalized spacial score (nSPS) is 12.7. The molecule has 0 saturated carbocycles. The van der Waals surface area contributed by atoms with E-state index in [1.165, 1.54) is 7.11 Å². The largest absolute Gasteiger partial charge is 0.495 e. The zero-order chi connectivity index (χ0) is 15.0. The number of hydrogen-bond donors (Lipinski definition) is 2. The molecule has 106 valence electrons. The van der Waals surface area contributed by atoms with E-state index < -0.39 is 0 Å². The van der Waals surface area contributed by atoms with Gasteiger partial charge in [-0.2, -0.15) is 0 Å². The Kier molecular flexibility index (Phi) is 3.10. The third kappa shape index (κ3) is 2.33. The zero-order valence-electron chi connectivity index (χ0n) is 11.5. The minimum Gasteiger partial charge on any atom is -0.495 e. The maximum absolute atomic E-state index is 12.5. The second-order valence-electron chi connectivity index (χ2n) is 4.88. The Hall–Kier alpha value is -2.82. The van der Waals surface area contributed by atoms with Gasteiger partial charge in [-0.3, -0.25) is 9.59 Å². The first-order valence-electron chi connectivity index (χ1n) is 6.49. The lowest BCUT2D eigenvalue weighted by atomic mass is 10.00. The lowest BCUT2D eigenvalue weighted by molar-refractivity contribution is -0.115. The number of carbonyl (C=O) groups is 2. The molecule has 0 unspecified atom stereocenters. The van der Waals surface area contributed by atoms with E-state index in [2.05, 4.69) is 5.32 Å². The van der Waals surface area contributed by atoms with Gasteiger partial charge >= 0.3 is 0 Å². The number of ether oxygens (including phenoxy) is 1. The molecule has 0 bridgehead atoms. The molecule has 3 rings (SSSR count). The first kappa shape index (κ1) is 13.2. The third-order valence-corrected chi connectivity index (χ3v) is 3.49. The van der Waals surface area contributed by atoms with Crippen LogP contribution in [0.2, 0.25) is 0 Å². The van der Waals surface area contributed by atoms with Crippen molar-refractivity contribution in [1.29, 1.82) is 0 Å². The summed E-state index contributed by atoms with van der Waals surface area (Å²) in [6.45, 7) is 0. The van der Waals surface area contributed by atoms with Crippen LogP contribution >= 0.6 is 0 Å². The van der Waals surface area contributed by atoms with Crippen molar-refractivity contribution in [1.82, 2.24) is 0 Å². The van der Waals surface area contributed by atoms with Crippen LogP contribution < -0.4 is 15.8 Å². The highest BCUT2D eigenvalue weighted by molar-refractivity contribution is 6.10. The molecule has 0 aromatic heterocycles. The van der Waals surface area contributed by atoms with Gasteiger partial charge in [0.25, 0.3) is 0 Å². The second kappa shape index (κ2) is 4.94. The Balaban J connectivity index is 1.96. The highest BCUT2D eigenvalue weighted by atomic mass is 16.5. The lowest BCUT2D eigenvalue weighted by Crippen LogP contribution is -2.03. The number of fused-ring (bicyclic) bond motifs is 1. The summed E-state index contributed by atoms with van der Waals surface area (Å²) in [7, 11) is 1.51. The number of ketones is 1. The van der Waals surface area contributed by atoms with Crippen molar-refractivity contribution >= 4 is 23.1 Å². The van der Waals surface area contributed by atoms with E-state index in [0.717, 1.165) is 11.3 Å². The fourth-order valence-electron chi connectivity index (χ4n) is 2.39. The van der Waals surface area contributed by atoms with Gasteiger partial charge in [0.1, 0.15) is 5.75 Å². The van der Waals surface area contributed by atoms with Crippen LogP contribution in [0.15, 0.2) is 36.4 Å². The Morgan fingerprint density at radius 2 is 1.90 bits per heavy atom. The van der Waals surface area contributed by atoms with Gasteiger partial charge in [0, 0.05) is 16.8 Å². The smallest absolute Gasteiger partial charge is 0.228 e. The van der Waals surface area contributed by atoms with Gasteiger partial charge in [0.15, 0.2) is 5.78 Å². The Morgan fingerprint density at radius 3 is 2.67 bits per heavy atom. The van der Waals surface area contributed by atoms with E-state index in [4.69, 9.17) is 10.5 Å². The van der Waals surface area contributed by atoms with Crippen LogP contribution in [0.25, 0.3) is 0 Å². The molecule has 3 N–H and O–H groups in total. The predicted octanol–water partition coefficient (Wildman–Crippen LogP) is 2.00. The van der Waals surface area contributed by atoms with Crippen molar-refractivity contribution in [2.24, 2.45) is 0 Å². The van der Waals surface area contributed by atoms with Gasteiger partial charge < -0.3 is 15.8 Å². The van der Waals surface area contributed by atoms with Crippen LogP contribution in [0.5, 0.6) is 5.75 Å². The van der Waals surface area contributed by atoms with Crippen molar-refractivity contribution < 1.29 is 14.3 Å². The van der Waals surface area contributed by atoms with Crippen LogP contribution in [0, 0.1) is 0 Å². The van der Waals surface area contributed by atoms with E-state index in [-0.39, 0.29) is 11.7 Å². The number of nitrogen functional groups attached to an aromatic ring is 1. The zero-order valence-corrected chi connectivity index (χ0v) is 11.5. The number of methoxy groups -OCH3 is 1.